The minimum atomic E-state index is -0.182. The van der Waals surface area contributed by atoms with Crippen molar-refractivity contribution >= 4 is 23.1 Å². The summed E-state index contributed by atoms with van der Waals surface area (Å²) in [4.78, 5) is 1.09. The molecule has 3 heterocycles. The Hall–Kier alpha value is -1.70. The average Bonchev–Trinajstić information content (AvgIpc) is 3.37. The number of thioether (sulfide) groups is 1. The van der Waals surface area contributed by atoms with Crippen molar-refractivity contribution in [2.24, 2.45) is 0 Å². The van der Waals surface area contributed by atoms with Crippen LogP contribution in [-0.4, -0.2) is 27.5 Å². The van der Waals surface area contributed by atoms with Gasteiger partial charge in [0.1, 0.15) is 5.82 Å². The Morgan fingerprint density at radius 3 is 2.92 bits per heavy atom. The third-order valence-corrected chi connectivity index (χ3v) is 6.06. The summed E-state index contributed by atoms with van der Waals surface area (Å²) in [5, 5.41) is 11.6. The lowest BCUT2D eigenvalue weighted by Gasteiger charge is -2.14. The topological polar surface area (TPSA) is 39.9 Å². The van der Waals surface area contributed by atoms with Crippen molar-refractivity contribution in [2.75, 3.05) is 6.61 Å². The van der Waals surface area contributed by atoms with Crippen LogP contribution in [0.25, 0.3) is 10.7 Å². The Morgan fingerprint density at radius 2 is 2.16 bits per heavy atom. The van der Waals surface area contributed by atoms with Gasteiger partial charge in [-0.3, -0.25) is 4.57 Å². The van der Waals surface area contributed by atoms with E-state index >= 15 is 0 Å². The van der Waals surface area contributed by atoms with E-state index in [4.69, 9.17) is 4.74 Å². The number of thiophene rings is 1. The molecular weight excluding hydrogens is 357 g/mol. The van der Waals surface area contributed by atoms with Gasteiger partial charge in [-0.15, -0.1) is 21.5 Å². The molecule has 1 aliphatic heterocycles. The second kappa shape index (κ2) is 7.68. The highest BCUT2D eigenvalue weighted by Crippen LogP contribution is 2.30. The van der Waals surface area contributed by atoms with Crippen molar-refractivity contribution < 1.29 is 9.13 Å². The summed E-state index contributed by atoms with van der Waals surface area (Å²) in [6.45, 7) is 1.55. The molecule has 0 radical (unpaired) electrons. The average molecular weight is 375 g/mol. The number of halogens is 1. The maximum Gasteiger partial charge on any atom is 0.191 e. The van der Waals surface area contributed by atoms with Crippen LogP contribution in [0.15, 0.2) is 46.9 Å². The second-order valence-electron chi connectivity index (χ2n) is 5.91. The predicted octanol–water partition coefficient (Wildman–Crippen LogP) is 4.62. The molecule has 1 aromatic carbocycles. The third-order valence-electron chi connectivity index (χ3n) is 4.18. The minimum Gasteiger partial charge on any atom is -0.376 e. The van der Waals surface area contributed by atoms with Gasteiger partial charge >= 0.3 is 0 Å². The summed E-state index contributed by atoms with van der Waals surface area (Å²) >= 11 is 3.16. The molecule has 25 heavy (non-hydrogen) atoms. The first-order valence-corrected chi connectivity index (χ1v) is 10.1. The van der Waals surface area contributed by atoms with Crippen molar-refractivity contribution in [1.29, 1.82) is 0 Å². The van der Waals surface area contributed by atoms with E-state index in [1.54, 1.807) is 17.4 Å². The molecule has 3 aromatic rings. The molecule has 1 fully saturated rings. The molecule has 4 nitrogen and oxygen atoms in total. The molecule has 1 atom stereocenters. The van der Waals surface area contributed by atoms with E-state index < -0.39 is 0 Å². The molecule has 1 saturated heterocycles. The van der Waals surface area contributed by atoms with Crippen LogP contribution in [0.4, 0.5) is 4.39 Å². The minimum absolute atomic E-state index is 0.182. The fourth-order valence-corrected chi connectivity index (χ4v) is 4.55. The summed E-state index contributed by atoms with van der Waals surface area (Å²) < 4.78 is 21.8. The fourth-order valence-electron chi connectivity index (χ4n) is 2.90. The summed E-state index contributed by atoms with van der Waals surface area (Å²) in [6.07, 6.45) is 2.35. The lowest BCUT2D eigenvalue weighted by Crippen LogP contribution is -2.16. The molecule has 130 valence electrons. The van der Waals surface area contributed by atoms with Gasteiger partial charge < -0.3 is 4.74 Å². The van der Waals surface area contributed by atoms with E-state index in [1.807, 2.05) is 29.6 Å². The van der Waals surface area contributed by atoms with Gasteiger partial charge in [-0.2, -0.15) is 0 Å². The molecule has 7 heteroatoms. The molecule has 0 bridgehead atoms. The van der Waals surface area contributed by atoms with Gasteiger partial charge in [-0.25, -0.2) is 4.39 Å². The van der Waals surface area contributed by atoms with Gasteiger partial charge in [0.05, 0.1) is 17.5 Å². The standard InChI is InChI=1S/C18H18FN3OS2/c19-15-7-2-1-5-13(15)12-25-18-21-20-17(16-8-4-10-24-16)22(18)11-14-6-3-9-23-14/h1-2,4-5,7-8,10,14H,3,6,9,11-12H2. The maximum atomic E-state index is 13.9. The number of hydrogen-bond donors (Lipinski definition) is 0. The van der Waals surface area contributed by atoms with E-state index in [2.05, 4.69) is 14.8 Å². The zero-order valence-electron chi connectivity index (χ0n) is 13.6. The molecule has 0 aliphatic carbocycles. The molecule has 4 rings (SSSR count). The zero-order valence-corrected chi connectivity index (χ0v) is 15.2. The summed E-state index contributed by atoms with van der Waals surface area (Å²) in [5.41, 5.74) is 0.678. The number of ether oxygens (including phenoxy) is 1. The number of benzene rings is 1. The van der Waals surface area contributed by atoms with Crippen molar-refractivity contribution in [3.05, 3.63) is 53.2 Å². The SMILES string of the molecule is Fc1ccccc1CSc1nnc(-c2cccs2)n1CC1CCCO1. The number of rotatable bonds is 6. The van der Waals surface area contributed by atoms with Crippen LogP contribution in [0.3, 0.4) is 0 Å². The molecule has 0 N–H and O–H groups in total. The van der Waals surface area contributed by atoms with Gasteiger partial charge in [0.15, 0.2) is 11.0 Å². The Balaban J connectivity index is 1.59. The van der Waals surface area contributed by atoms with E-state index in [9.17, 15) is 4.39 Å². The highest BCUT2D eigenvalue weighted by molar-refractivity contribution is 7.98. The van der Waals surface area contributed by atoms with Gasteiger partial charge in [-0.1, -0.05) is 36.0 Å². The summed E-state index contributed by atoms with van der Waals surface area (Å²) in [7, 11) is 0. The Kier molecular flexibility index (Phi) is 5.14. The van der Waals surface area contributed by atoms with Crippen LogP contribution in [0.5, 0.6) is 0 Å². The molecule has 1 aliphatic rings. The number of hydrogen-bond acceptors (Lipinski definition) is 5. The quantitative estimate of drug-likeness (QED) is 0.590. The summed E-state index contributed by atoms with van der Waals surface area (Å²) in [5.74, 6) is 1.21. The van der Waals surface area contributed by atoms with Gasteiger partial charge in [0.2, 0.25) is 0 Å². The van der Waals surface area contributed by atoms with Gasteiger partial charge in [-0.05, 0) is 35.9 Å². The first kappa shape index (κ1) is 16.8. The highest BCUT2D eigenvalue weighted by Gasteiger charge is 2.22. The fraction of sp³-hybridized carbons (Fsp3) is 0.333. The second-order valence-corrected chi connectivity index (χ2v) is 7.80. The van der Waals surface area contributed by atoms with Crippen molar-refractivity contribution in [1.82, 2.24) is 14.8 Å². The lowest BCUT2D eigenvalue weighted by atomic mass is 10.2. The third kappa shape index (κ3) is 3.78. The van der Waals surface area contributed by atoms with Crippen LogP contribution in [0.1, 0.15) is 18.4 Å². The molecule has 1 unspecified atom stereocenters. The highest BCUT2D eigenvalue weighted by atomic mass is 32.2. The first-order valence-electron chi connectivity index (χ1n) is 8.26. The smallest absolute Gasteiger partial charge is 0.191 e. The molecule has 0 amide bonds. The number of aromatic nitrogens is 3. The van der Waals surface area contributed by atoms with E-state index in [1.165, 1.54) is 17.8 Å². The Bertz CT molecular complexity index is 829. The Labute approximate surface area is 154 Å². The molecule has 0 spiro atoms. The largest absolute Gasteiger partial charge is 0.376 e. The van der Waals surface area contributed by atoms with Gasteiger partial charge in [0.25, 0.3) is 0 Å². The van der Waals surface area contributed by atoms with Crippen LogP contribution in [-0.2, 0) is 17.0 Å². The Morgan fingerprint density at radius 1 is 1.24 bits per heavy atom. The van der Waals surface area contributed by atoms with E-state index in [0.717, 1.165) is 41.9 Å². The monoisotopic (exact) mass is 375 g/mol. The van der Waals surface area contributed by atoms with Crippen molar-refractivity contribution in [2.45, 2.75) is 36.4 Å². The van der Waals surface area contributed by atoms with Gasteiger partial charge in [0, 0.05) is 12.4 Å². The lowest BCUT2D eigenvalue weighted by molar-refractivity contribution is 0.0953. The zero-order chi connectivity index (χ0) is 17.1. The van der Waals surface area contributed by atoms with Crippen LogP contribution in [0.2, 0.25) is 0 Å². The molecule has 0 saturated carbocycles. The van der Waals surface area contributed by atoms with Crippen LogP contribution >= 0.6 is 23.1 Å². The molecular formula is C18H18FN3OS2. The van der Waals surface area contributed by atoms with E-state index in [0.29, 0.717) is 11.3 Å². The molecule has 2 aromatic heterocycles. The van der Waals surface area contributed by atoms with E-state index in [-0.39, 0.29) is 11.9 Å². The summed E-state index contributed by atoms with van der Waals surface area (Å²) in [6, 6.07) is 10.9. The van der Waals surface area contributed by atoms with Crippen molar-refractivity contribution in [3.8, 4) is 10.7 Å². The van der Waals surface area contributed by atoms with Crippen LogP contribution in [0, 0.1) is 5.82 Å². The predicted molar refractivity (Wildman–Crippen MR) is 98.3 cm³/mol. The van der Waals surface area contributed by atoms with Crippen LogP contribution < -0.4 is 0 Å². The van der Waals surface area contributed by atoms with Crippen molar-refractivity contribution in [3.63, 3.8) is 0 Å². The number of nitrogens with zero attached hydrogens (tertiary/aromatic N) is 3. The normalized spacial score (nSPS) is 17.2. The maximum absolute atomic E-state index is 13.9. The first-order chi connectivity index (χ1) is 12.3.